The van der Waals surface area contributed by atoms with Gasteiger partial charge in [0.1, 0.15) is 0 Å². The third kappa shape index (κ3) is 4.23. The maximum absolute atomic E-state index is 12.4. The summed E-state index contributed by atoms with van der Waals surface area (Å²) < 4.78 is 0. The molecule has 0 radical (unpaired) electrons. The van der Waals surface area contributed by atoms with E-state index in [1.165, 1.54) is 11.3 Å². The number of piperazine rings is 1. The van der Waals surface area contributed by atoms with E-state index in [1.807, 2.05) is 4.90 Å². The molecule has 22 heavy (non-hydrogen) atoms. The Balaban J connectivity index is 1.88. The van der Waals surface area contributed by atoms with Crippen LogP contribution in [0.1, 0.15) is 32.8 Å². The van der Waals surface area contributed by atoms with Crippen LogP contribution in [0, 0.1) is 12.3 Å². The monoisotopic (exact) mass is 303 g/mol. The molecule has 0 aliphatic carbocycles. The first kappa shape index (κ1) is 16.8. The van der Waals surface area contributed by atoms with E-state index in [2.05, 4.69) is 56.9 Å². The van der Waals surface area contributed by atoms with Crippen molar-refractivity contribution in [1.29, 1.82) is 0 Å². The smallest absolute Gasteiger partial charge is 0.224 e. The molecule has 122 valence electrons. The number of carbonyl (C=O) groups excluding carboxylic acids is 1. The predicted octanol–water partition coefficient (Wildman–Crippen LogP) is 2.41. The number of hydrogen-bond donors (Lipinski definition) is 1. The molecule has 1 saturated heterocycles. The molecule has 1 aromatic rings. The van der Waals surface area contributed by atoms with Crippen molar-refractivity contribution in [3.63, 3.8) is 0 Å². The van der Waals surface area contributed by atoms with Crippen molar-refractivity contribution in [2.45, 2.75) is 40.2 Å². The minimum Gasteiger partial charge on any atom is -0.368 e. The largest absolute Gasteiger partial charge is 0.368 e. The second-order valence-electron chi connectivity index (χ2n) is 7.38. The first-order valence-electron chi connectivity index (χ1n) is 8.12. The summed E-state index contributed by atoms with van der Waals surface area (Å²) >= 11 is 0. The third-order valence-electron chi connectivity index (χ3n) is 4.51. The van der Waals surface area contributed by atoms with E-state index in [-0.39, 0.29) is 17.4 Å². The second-order valence-corrected chi connectivity index (χ2v) is 7.38. The fourth-order valence-corrected chi connectivity index (χ4v) is 2.66. The van der Waals surface area contributed by atoms with Gasteiger partial charge in [0, 0.05) is 44.3 Å². The molecule has 2 rings (SSSR count). The van der Waals surface area contributed by atoms with Gasteiger partial charge < -0.3 is 15.5 Å². The molecule has 1 aliphatic rings. The third-order valence-corrected chi connectivity index (χ3v) is 4.51. The molecule has 1 aromatic carbocycles. The average molecular weight is 303 g/mol. The molecule has 1 atom stereocenters. The summed E-state index contributed by atoms with van der Waals surface area (Å²) in [4.78, 5) is 16.7. The zero-order valence-corrected chi connectivity index (χ0v) is 14.3. The lowest BCUT2D eigenvalue weighted by molar-refractivity contribution is -0.132. The molecule has 1 amide bonds. The molecular weight excluding hydrogens is 274 g/mol. The average Bonchev–Trinajstić information content (AvgIpc) is 2.46. The first-order valence-corrected chi connectivity index (χ1v) is 8.12. The van der Waals surface area contributed by atoms with Crippen LogP contribution in [-0.4, -0.2) is 43.0 Å². The summed E-state index contributed by atoms with van der Waals surface area (Å²) in [6.07, 6.45) is 0.438. The molecule has 0 saturated carbocycles. The van der Waals surface area contributed by atoms with E-state index < -0.39 is 0 Å². The summed E-state index contributed by atoms with van der Waals surface area (Å²) in [6, 6.07) is 8.45. The number of aryl methyl sites for hydroxylation is 1. The van der Waals surface area contributed by atoms with Gasteiger partial charge in [0.25, 0.3) is 0 Å². The summed E-state index contributed by atoms with van der Waals surface area (Å²) in [7, 11) is 0. The Kier molecular flexibility index (Phi) is 5.12. The van der Waals surface area contributed by atoms with Crippen molar-refractivity contribution in [3.8, 4) is 0 Å². The lowest BCUT2D eigenvalue weighted by Gasteiger charge is -2.37. The molecule has 1 unspecified atom stereocenters. The Hall–Kier alpha value is -1.55. The van der Waals surface area contributed by atoms with Gasteiger partial charge in [-0.15, -0.1) is 0 Å². The second kappa shape index (κ2) is 6.69. The fraction of sp³-hybridized carbons (Fsp3) is 0.611. The van der Waals surface area contributed by atoms with E-state index in [9.17, 15) is 4.79 Å². The van der Waals surface area contributed by atoms with Gasteiger partial charge in [-0.3, -0.25) is 4.79 Å². The van der Waals surface area contributed by atoms with E-state index in [4.69, 9.17) is 5.73 Å². The van der Waals surface area contributed by atoms with Crippen molar-refractivity contribution in [2.75, 3.05) is 31.1 Å². The van der Waals surface area contributed by atoms with Crippen molar-refractivity contribution < 1.29 is 4.79 Å². The van der Waals surface area contributed by atoms with Crippen LogP contribution in [0.3, 0.4) is 0 Å². The minimum absolute atomic E-state index is 0.0287. The SMILES string of the molecule is Cc1cccc(N2CCN(C(=O)CC(N)C(C)(C)C)CC2)c1. The Morgan fingerprint density at radius 3 is 2.41 bits per heavy atom. The van der Waals surface area contributed by atoms with Crippen molar-refractivity contribution in [1.82, 2.24) is 4.90 Å². The van der Waals surface area contributed by atoms with E-state index in [0.717, 1.165) is 26.2 Å². The highest BCUT2D eigenvalue weighted by atomic mass is 16.2. The molecule has 4 heteroatoms. The van der Waals surface area contributed by atoms with Crippen molar-refractivity contribution in [3.05, 3.63) is 29.8 Å². The lowest BCUT2D eigenvalue weighted by Crippen LogP contribution is -2.50. The number of hydrogen-bond acceptors (Lipinski definition) is 3. The minimum atomic E-state index is -0.0881. The summed E-state index contributed by atoms with van der Waals surface area (Å²) in [5.41, 5.74) is 8.63. The molecule has 4 nitrogen and oxygen atoms in total. The van der Waals surface area contributed by atoms with Crippen LogP contribution in [0.2, 0.25) is 0 Å². The lowest BCUT2D eigenvalue weighted by atomic mass is 9.85. The summed E-state index contributed by atoms with van der Waals surface area (Å²) in [5.74, 6) is 0.186. The van der Waals surface area contributed by atoms with Gasteiger partial charge in [-0.25, -0.2) is 0 Å². The van der Waals surface area contributed by atoms with Gasteiger partial charge in [-0.05, 0) is 30.0 Å². The topological polar surface area (TPSA) is 49.6 Å². The van der Waals surface area contributed by atoms with Crippen LogP contribution in [0.5, 0.6) is 0 Å². The number of rotatable bonds is 3. The van der Waals surface area contributed by atoms with Gasteiger partial charge in [-0.1, -0.05) is 32.9 Å². The molecule has 1 fully saturated rings. The van der Waals surface area contributed by atoms with Gasteiger partial charge >= 0.3 is 0 Å². The Morgan fingerprint density at radius 2 is 1.86 bits per heavy atom. The predicted molar refractivity (Wildman–Crippen MR) is 92.0 cm³/mol. The van der Waals surface area contributed by atoms with E-state index in [1.54, 1.807) is 0 Å². The molecule has 0 spiro atoms. The molecule has 0 aromatic heterocycles. The van der Waals surface area contributed by atoms with Gasteiger partial charge in [0.2, 0.25) is 5.91 Å². The number of carbonyl (C=O) groups is 1. The molecule has 1 aliphatic heterocycles. The van der Waals surface area contributed by atoms with Crippen LogP contribution in [0.25, 0.3) is 0 Å². The number of anilines is 1. The molecular formula is C18H29N3O. The highest BCUT2D eigenvalue weighted by Gasteiger charge is 2.27. The van der Waals surface area contributed by atoms with Crippen molar-refractivity contribution in [2.24, 2.45) is 11.1 Å². The van der Waals surface area contributed by atoms with Gasteiger partial charge in [0.05, 0.1) is 0 Å². The Morgan fingerprint density at radius 1 is 1.23 bits per heavy atom. The van der Waals surface area contributed by atoms with Crippen LogP contribution in [0.15, 0.2) is 24.3 Å². The Bertz CT molecular complexity index is 513. The normalized spacial score (nSPS) is 17.5. The van der Waals surface area contributed by atoms with Gasteiger partial charge in [-0.2, -0.15) is 0 Å². The Labute approximate surface area is 134 Å². The quantitative estimate of drug-likeness (QED) is 0.933. The maximum Gasteiger partial charge on any atom is 0.224 e. The highest BCUT2D eigenvalue weighted by molar-refractivity contribution is 5.77. The number of nitrogens with zero attached hydrogens (tertiary/aromatic N) is 2. The molecule has 1 heterocycles. The van der Waals surface area contributed by atoms with Crippen LogP contribution in [-0.2, 0) is 4.79 Å². The molecule has 0 bridgehead atoms. The summed E-state index contributed by atoms with van der Waals surface area (Å²) in [5, 5.41) is 0. The zero-order chi connectivity index (χ0) is 16.3. The standard InChI is InChI=1S/C18H29N3O/c1-14-6-5-7-15(12-14)20-8-10-21(11-9-20)17(22)13-16(19)18(2,3)4/h5-7,12,16H,8-11,13,19H2,1-4H3. The first-order chi connectivity index (χ1) is 10.3. The van der Waals surface area contributed by atoms with Crippen molar-refractivity contribution >= 4 is 11.6 Å². The number of nitrogens with two attached hydrogens (primary N) is 1. The van der Waals surface area contributed by atoms with Gasteiger partial charge in [0.15, 0.2) is 0 Å². The highest BCUT2D eigenvalue weighted by Crippen LogP contribution is 2.22. The number of amides is 1. The zero-order valence-electron chi connectivity index (χ0n) is 14.3. The molecule has 2 N–H and O–H groups in total. The van der Waals surface area contributed by atoms with Crippen LogP contribution < -0.4 is 10.6 Å². The maximum atomic E-state index is 12.4. The summed E-state index contributed by atoms with van der Waals surface area (Å²) in [6.45, 7) is 11.7. The van der Waals surface area contributed by atoms with Crippen LogP contribution in [0.4, 0.5) is 5.69 Å². The van der Waals surface area contributed by atoms with E-state index in [0.29, 0.717) is 6.42 Å². The van der Waals surface area contributed by atoms with Crippen LogP contribution >= 0.6 is 0 Å². The fourth-order valence-electron chi connectivity index (χ4n) is 2.66. The number of benzene rings is 1. The van der Waals surface area contributed by atoms with E-state index >= 15 is 0 Å².